The lowest BCUT2D eigenvalue weighted by atomic mass is 10.3. The third kappa shape index (κ3) is 2.57. The highest BCUT2D eigenvalue weighted by Crippen LogP contribution is 2.59. The van der Waals surface area contributed by atoms with E-state index in [9.17, 15) is 0 Å². The second kappa shape index (κ2) is 5.65. The van der Waals surface area contributed by atoms with Crippen molar-refractivity contribution >= 4 is 29.5 Å². The van der Waals surface area contributed by atoms with E-state index in [0.717, 1.165) is 5.02 Å². The molecule has 3 rings (SSSR count). The van der Waals surface area contributed by atoms with Crippen LogP contribution < -0.4 is 10.6 Å². The molecule has 19 heavy (non-hydrogen) atoms. The first-order chi connectivity index (χ1) is 9.31. The molecule has 0 saturated carbocycles. The van der Waals surface area contributed by atoms with Crippen molar-refractivity contribution in [1.29, 1.82) is 0 Å². The molecule has 1 fully saturated rings. The molecule has 0 bridgehead atoms. The summed E-state index contributed by atoms with van der Waals surface area (Å²) in [6, 6.07) is 19.8. The van der Waals surface area contributed by atoms with Gasteiger partial charge in [-0.05, 0) is 55.7 Å². The van der Waals surface area contributed by atoms with Crippen molar-refractivity contribution in [3.63, 3.8) is 0 Å². The summed E-state index contributed by atoms with van der Waals surface area (Å²) in [5.41, 5.74) is 0. The Labute approximate surface area is 121 Å². The minimum Gasteiger partial charge on any atom is -0.0843 e. The normalized spacial score (nSPS) is 18.2. The zero-order valence-electron chi connectivity index (χ0n) is 11.1. The average Bonchev–Trinajstić information content (AvgIpc) is 2.49. The molecule has 1 heterocycles. The van der Waals surface area contributed by atoms with Crippen LogP contribution in [0.3, 0.4) is 0 Å². The predicted octanol–water partition coefficient (Wildman–Crippen LogP) is 4.49. The van der Waals surface area contributed by atoms with E-state index < -0.39 is 7.26 Å². The fourth-order valence-corrected chi connectivity index (χ4v) is 7.83. The highest BCUT2D eigenvalue weighted by Gasteiger charge is 2.43. The lowest BCUT2D eigenvalue weighted by Crippen LogP contribution is -2.29. The van der Waals surface area contributed by atoms with E-state index in [1.54, 1.807) is 5.30 Å². The van der Waals surface area contributed by atoms with Crippen molar-refractivity contribution in [2.75, 3.05) is 12.3 Å². The fourth-order valence-electron chi connectivity index (χ4n) is 3.16. The molecule has 0 nitrogen and oxygen atoms in total. The monoisotopic (exact) mass is 289 g/mol. The first kappa shape index (κ1) is 13.2. The Bertz CT molecular complexity index is 527. The Hall–Kier alpha value is -0.840. The molecule has 0 N–H and O–H groups in total. The van der Waals surface area contributed by atoms with Crippen LogP contribution in [0.4, 0.5) is 0 Å². The van der Waals surface area contributed by atoms with E-state index in [-0.39, 0.29) is 0 Å². The Balaban J connectivity index is 2.09. The smallest absolute Gasteiger partial charge is 0.0843 e. The molecule has 0 amide bonds. The van der Waals surface area contributed by atoms with Crippen molar-refractivity contribution in [3.8, 4) is 0 Å². The summed E-state index contributed by atoms with van der Waals surface area (Å²) in [5, 5.41) is 3.94. The van der Waals surface area contributed by atoms with Gasteiger partial charge in [-0.3, -0.25) is 0 Å². The number of hydrogen-bond acceptors (Lipinski definition) is 0. The van der Waals surface area contributed by atoms with Crippen molar-refractivity contribution in [2.24, 2.45) is 0 Å². The van der Waals surface area contributed by atoms with Crippen LogP contribution in [0.25, 0.3) is 0 Å². The Kier molecular flexibility index (Phi) is 3.91. The summed E-state index contributed by atoms with van der Waals surface area (Å²) in [4.78, 5) is 0. The molecule has 0 aromatic heterocycles. The number of halogens is 1. The molecule has 98 valence electrons. The number of rotatable bonds is 2. The van der Waals surface area contributed by atoms with Gasteiger partial charge in [0.1, 0.15) is 0 Å². The van der Waals surface area contributed by atoms with Gasteiger partial charge in [0.2, 0.25) is 0 Å². The molecule has 2 aromatic rings. The first-order valence-electron chi connectivity index (χ1n) is 7.00. The predicted molar refractivity (Wildman–Crippen MR) is 87.7 cm³/mol. The van der Waals surface area contributed by atoms with Crippen LogP contribution in [0.2, 0.25) is 5.02 Å². The quantitative estimate of drug-likeness (QED) is 0.715. The molecule has 0 radical (unpaired) electrons. The first-order valence-corrected chi connectivity index (χ1v) is 9.54. The highest BCUT2D eigenvalue weighted by atomic mass is 35.5. The van der Waals surface area contributed by atoms with Crippen molar-refractivity contribution in [1.82, 2.24) is 0 Å². The van der Waals surface area contributed by atoms with E-state index in [1.165, 1.54) is 36.9 Å². The lowest BCUT2D eigenvalue weighted by molar-refractivity contribution is 0.751. The minimum atomic E-state index is -1.17. The number of hydrogen-bond donors (Lipinski definition) is 0. The highest BCUT2D eigenvalue weighted by molar-refractivity contribution is 7.89. The standard InChI is InChI=1S/C17H19ClP/c18-15-9-11-17(12-10-15)19(13-5-2-6-14-19)16-7-3-1-4-8-16/h1,3-4,7-12H,2,5-6,13-14H2/q+1. The molecule has 0 aliphatic carbocycles. The molecule has 2 aromatic carbocycles. The third-order valence-corrected chi connectivity index (χ3v) is 9.14. The summed E-state index contributed by atoms with van der Waals surface area (Å²) in [6.45, 7) is 0. The van der Waals surface area contributed by atoms with Gasteiger partial charge in [-0.1, -0.05) is 29.8 Å². The summed E-state index contributed by atoms with van der Waals surface area (Å²) >= 11 is 6.05. The van der Waals surface area contributed by atoms with Crippen LogP contribution in [0, 0.1) is 0 Å². The summed E-state index contributed by atoms with van der Waals surface area (Å²) in [5.74, 6) is 0. The maximum absolute atomic E-state index is 6.05. The van der Waals surface area contributed by atoms with Gasteiger partial charge in [0.25, 0.3) is 0 Å². The van der Waals surface area contributed by atoms with Crippen LogP contribution in [-0.2, 0) is 0 Å². The van der Waals surface area contributed by atoms with Crippen LogP contribution in [-0.4, -0.2) is 12.3 Å². The maximum atomic E-state index is 6.05. The Morgan fingerprint density at radius 2 is 1.26 bits per heavy atom. The summed E-state index contributed by atoms with van der Waals surface area (Å²) in [6.07, 6.45) is 6.84. The maximum Gasteiger partial charge on any atom is 0.0992 e. The van der Waals surface area contributed by atoms with E-state index in [2.05, 4.69) is 54.6 Å². The zero-order chi connectivity index (χ0) is 13.1. The van der Waals surface area contributed by atoms with Crippen LogP contribution in [0.5, 0.6) is 0 Å². The molecular formula is C17H19ClP+. The topological polar surface area (TPSA) is 0 Å². The second-order valence-corrected chi connectivity index (χ2v) is 9.59. The summed E-state index contributed by atoms with van der Waals surface area (Å²) < 4.78 is 0. The van der Waals surface area contributed by atoms with E-state index in [1.807, 2.05) is 0 Å². The molecule has 0 atom stereocenters. The van der Waals surface area contributed by atoms with Gasteiger partial charge >= 0.3 is 0 Å². The Morgan fingerprint density at radius 1 is 0.684 bits per heavy atom. The van der Waals surface area contributed by atoms with Gasteiger partial charge in [0.15, 0.2) is 0 Å². The third-order valence-electron chi connectivity index (χ3n) is 4.15. The second-order valence-electron chi connectivity index (χ2n) is 5.29. The molecule has 0 unspecified atom stereocenters. The van der Waals surface area contributed by atoms with Crippen molar-refractivity contribution < 1.29 is 0 Å². The largest absolute Gasteiger partial charge is 0.0992 e. The van der Waals surface area contributed by atoms with E-state index in [0.29, 0.717) is 0 Å². The minimum absolute atomic E-state index is 0.840. The molecular weight excluding hydrogens is 271 g/mol. The van der Waals surface area contributed by atoms with Crippen LogP contribution in [0.15, 0.2) is 54.6 Å². The lowest BCUT2D eigenvalue weighted by Gasteiger charge is -2.30. The van der Waals surface area contributed by atoms with Gasteiger partial charge in [0, 0.05) is 5.02 Å². The zero-order valence-corrected chi connectivity index (χ0v) is 12.7. The van der Waals surface area contributed by atoms with Gasteiger partial charge in [0.05, 0.1) is 30.2 Å². The average molecular weight is 290 g/mol. The van der Waals surface area contributed by atoms with Gasteiger partial charge in [-0.15, -0.1) is 0 Å². The van der Waals surface area contributed by atoms with Crippen LogP contribution in [0.1, 0.15) is 19.3 Å². The van der Waals surface area contributed by atoms with Gasteiger partial charge < -0.3 is 0 Å². The fraction of sp³-hybridized carbons (Fsp3) is 0.294. The Morgan fingerprint density at radius 3 is 1.89 bits per heavy atom. The van der Waals surface area contributed by atoms with Gasteiger partial charge in [-0.2, -0.15) is 0 Å². The van der Waals surface area contributed by atoms with Crippen molar-refractivity contribution in [2.45, 2.75) is 19.3 Å². The molecule has 1 aliphatic rings. The summed E-state index contributed by atoms with van der Waals surface area (Å²) in [7, 11) is -1.17. The van der Waals surface area contributed by atoms with E-state index in [4.69, 9.17) is 11.6 Å². The van der Waals surface area contributed by atoms with E-state index >= 15 is 0 Å². The molecule has 1 aliphatic heterocycles. The molecule has 1 saturated heterocycles. The van der Waals surface area contributed by atoms with Crippen molar-refractivity contribution in [3.05, 3.63) is 59.6 Å². The van der Waals surface area contributed by atoms with Gasteiger partial charge in [-0.25, -0.2) is 0 Å². The molecule has 2 heteroatoms. The number of benzene rings is 2. The SMILES string of the molecule is Clc1ccc([P+]2(c3ccccc3)CCCCC2)cc1. The van der Waals surface area contributed by atoms with Crippen LogP contribution >= 0.6 is 18.9 Å². The molecule has 0 spiro atoms.